The molecule has 1 aromatic carbocycles. The summed E-state index contributed by atoms with van der Waals surface area (Å²) in [5.74, 6) is -0.917. The normalized spacial score (nSPS) is 10.6. The molecule has 1 heterocycles. The first-order chi connectivity index (χ1) is 8.61. The zero-order valence-electron chi connectivity index (χ0n) is 9.44. The van der Waals surface area contributed by atoms with Crippen LogP contribution in [0.1, 0.15) is 16.1 Å². The van der Waals surface area contributed by atoms with E-state index in [1.54, 1.807) is 10.8 Å². The Hall–Kier alpha value is -1.72. The van der Waals surface area contributed by atoms with Crippen LogP contribution >= 0.6 is 11.6 Å². The monoisotopic (exact) mass is 267 g/mol. The summed E-state index contributed by atoms with van der Waals surface area (Å²) in [7, 11) is 0. The van der Waals surface area contributed by atoms with Gasteiger partial charge in [-0.05, 0) is 18.2 Å². The summed E-state index contributed by atoms with van der Waals surface area (Å²) in [6.07, 6.45) is 3.07. The van der Waals surface area contributed by atoms with Gasteiger partial charge in [-0.2, -0.15) is 0 Å². The van der Waals surface area contributed by atoms with Crippen LogP contribution in [0.15, 0.2) is 30.7 Å². The largest absolute Gasteiger partial charge is 0.335 e. The molecule has 0 saturated carbocycles. The van der Waals surface area contributed by atoms with Gasteiger partial charge in [0.2, 0.25) is 5.78 Å². The molecule has 0 aliphatic carbocycles. The van der Waals surface area contributed by atoms with Gasteiger partial charge in [-0.1, -0.05) is 11.6 Å². The molecule has 0 fully saturated rings. The zero-order chi connectivity index (χ0) is 13.1. The van der Waals surface area contributed by atoms with Gasteiger partial charge in [0.05, 0.1) is 11.3 Å². The van der Waals surface area contributed by atoms with Gasteiger partial charge in [0.15, 0.2) is 0 Å². The molecule has 2 aromatic rings. The van der Waals surface area contributed by atoms with E-state index in [0.29, 0.717) is 13.1 Å². The van der Waals surface area contributed by atoms with Crippen LogP contribution in [-0.2, 0) is 6.54 Å². The van der Waals surface area contributed by atoms with Crippen LogP contribution in [0.5, 0.6) is 0 Å². The lowest BCUT2D eigenvalue weighted by Crippen LogP contribution is -2.08. The molecule has 0 radical (unpaired) electrons. The van der Waals surface area contributed by atoms with Crippen molar-refractivity contribution in [3.8, 4) is 0 Å². The Morgan fingerprint density at radius 3 is 3.00 bits per heavy atom. The topological polar surface area (TPSA) is 60.9 Å². The number of hydrogen-bond donors (Lipinski definition) is 1. The van der Waals surface area contributed by atoms with Crippen molar-refractivity contribution in [2.45, 2.75) is 6.54 Å². The van der Waals surface area contributed by atoms with Gasteiger partial charge in [-0.15, -0.1) is 0 Å². The summed E-state index contributed by atoms with van der Waals surface area (Å²) in [6.45, 7) is 1.02. The first-order valence-electron chi connectivity index (χ1n) is 5.33. The first kappa shape index (κ1) is 12.7. The number of rotatable bonds is 4. The van der Waals surface area contributed by atoms with Gasteiger partial charge >= 0.3 is 0 Å². The molecule has 1 aromatic heterocycles. The minimum absolute atomic E-state index is 0.106. The Morgan fingerprint density at radius 1 is 1.50 bits per heavy atom. The highest BCUT2D eigenvalue weighted by Gasteiger charge is 2.16. The van der Waals surface area contributed by atoms with Gasteiger partial charge < -0.3 is 10.3 Å². The van der Waals surface area contributed by atoms with Crippen LogP contribution in [0.25, 0.3) is 0 Å². The van der Waals surface area contributed by atoms with Crippen molar-refractivity contribution in [3.63, 3.8) is 0 Å². The number of benzene rings is 1. The third kappa shape index (κ3) is 2.57. The number of imidazole rings is 1. The van der Waals surface area contributed by atoms with Crippen molar-refractivity contribution < 1.29 is 9.18 Å². The summed E-state index contributed by atoms with van der Waals surface area (Å²) in [5, 5.41) is 0.203. The summed E-state index contributed by atoms with van der Waals surface area (Å²) < 4.78 is 14.8. The molecule has 94 valence electrons. The number of ketones is 1. The van der Waals surface area contributed by atoms with Crippen LogP contribution < -0.4 is 5.73 Å². The summed E-state index contributed by atoms with van der Waals surface area (Å²) in [4.78, 5) is 16.0. The highest BCUT2D eigenvalue weighted by Crippen LogP contribution is 2.19. The second-order valence-corrected chi connectivity index (χ2v) is 4.15. The number of nitrogens with two attached hydrogens (primary N) is 1. The molecular weight excluding hydrogens is 257 g/mol. The molecule has 0 aliphatic rings. The van der Waals surface area contributed by atoms with E-state index in [0.717, 1.165) is 6.07 Å². The molecule has 0 unspecified atom stereocenters. The van der Waals surface area contributed by atoms with E-state index in [-0.39, 0.29) is 16.3 Å². The number of nitrogens with zero attached hydrogens (tertiary/aromatic N) is 2. The van der Waals surface area contributed by atoms with E-state index in [4.69, 9.17) is 17.3 Å². The van der Waals surface area contributed by atoms with Crippen molar-refractivity contribution in [2.24, 2.45) is 5.73 Å². The van der Waals surface area contributed by atoms with E-state index < -0.39 is 11.6 Å². The highest BCUT2D eigenvalue weighted by atomic mass is 35.5. The molecule has 18 heavy (non-hydrogen) atoms. The summed E-state index contributed by atoms with van der Waals surface area (Å²) in [5.41, 5.74) is 5.72. The Kier molecular flexibility index (Phi) is 3.74. The average Bonchev–Trinajstić information content (AvgIpc) is 2.80. The lowest BCUT2D eigenvalue weighted by molar-refractivity contribution is 0.103. The van der Waals surface area contributed by atoms with Crippen LogP contribution in [0, 0.1) is 5.82 Å². The minimum atomic E-state index is -0.510. The number of aromatic nitrogens is 2. The van der Waals surface area contributed by atoms with Gasteiger partial charge in [0.1, 0.15) is 11.5 Å². The zero-order valence-corrected chi connectivity index (χ0v) is 10.2. The SMILES string of the molecule is NCCn1cnc(C(=O)c2cc(F)ccc2Cl)c1. The Balaban J connectivity index is 2.32. The van der Waals surface area contributed by atoms with Crippen LogP contribution in [-0.4, -0.2) is 21.9 Å². The van der Waals surface area contributed by atoms with Gasteiger partial charge in [-0.25, -0.2) is 9.37 Å². The molecule has 4 nitrogen and oxygen atoms in total. The van der Waals surface area contributed by atoms with Crippen molar-refractivity contribution in [2.75, 3.05) is 6.54 Å². The minimum Gasteiger partial charge on any atom is -0.335 e. The molecule has 0 spiro atoms. The van der Waals surface area contributed by atoms with E-state index in [9.17, 15) is 9.18 Å². The fourth-order valence-electron chi connectivity index (χ4n) is 1.56. The quantitative estimate of drug-likeness (QED) is 0.860. The predicted octanol–water partition coefficient (Wildman–Crippen LogP) is 1.87. The van der Waals surface area contributed by atoms with Crippen molar-refractivity contribution in [3.05, 3.63) is 52.8 Å². The molecule has 0 amide bonds. The Morgan fingerprint density at radius 2 is 2.28 bits per heavy atom. The maximum Gasteiger partial charge on any atom is 0.214 e. The van der Waals surface area contributed by atoms with Gasteiger partial charge in [0.25, 0.3) is 0 Å². The molecular formula is C12H11ClFN3O. The number of carbonyl (C=O) groups excluding carboxylic acids is 1. The maximum absolute atomic E-state index is 13.1. The fraction of sp³-hybridized carbons (Fsp3) is 0.167. The molecule has 0 bridgehead atoms. The van der Waals surface area contributed by atoms with Crippen molar-refractivity contribution in [1.82, 2.24) is 9.55 Å². The number of carbonyl (C=O) groups is 1. The first-order valence-corrected chi connectivity index (χ1v) is 5.71. The van der Waals surface area contributed by atoms with E-state index >= 15 is 0 Å². The second-order valence-electron chi connectivity index (χ2n) is 3.74. The van der Waals surface area contributed by atoms with E-state index in [2.05, 4.69) is 4.98 Å². The third-order valence-electron chi connectivity index (χ3n) is 2.43. The molecule has 0 aliphatic heterocycles. The van der Waals surface area contributed by atoms with Crippen molar-refractivity contribution >= 4 is 17.4 Å². The van der Waals surface area contributed by atoms with E-state index in [1.165, 1.54) is 18.5 Å². The Labute approximate surface area is 108 Å². The molecule has 0 saturated heterocycles. The summed E-state index contributed by atoms with van der Waals surface area (Å²) >= 11 is 5.87. The van der Waals surface area contributed by atoms with Gasteiger partial charge in [-0.3, -0.25) is 4.79 Å². The standard InChI is InChI=1S/C12H11ClFN3O/c13-10-2-1-8(14)5-9(10)12(18)11-6-17(4-3-15)7-16-11/h1-2,5-7H,3-4,15H2. The Bertz CT molecular complexity index is 582. The lowest BCUT2D eigenvalue weighted by atomic mass is 10.1. The van der Waals surface area contributed by atoms with Crippen LogP contribution in [0.3, 0.4) is 0 Å². The molecule has 0 atom stereocenters. The van der Waals surface area contributed by atoms with E-state index in [1.807, 2.05) is 0 Å². The fourth-order valence-corrected chi connectivity index (χ4v) is 1.76. The predicted molar refractivity (Wildman–Crippen MR) is 66.1 cm³/mol. The molecule has 6 heteroatoms. The molecule has 2 N–H and O–H groups in total. The van der Waals surface area contributed by atoms with Gasteiger partial charge in [0, 0.05) is 24.8 Å². The van der Waals surface area contributed by atoms with Crippen molar-refractivity contribution in [1.29, 1.82) is 0 Å². The number of hydrogen-bond acceptors (Lipinski definition) is 3. The molecule has 2 rings (SSSR count). The van der Waals surface area contributed by atoms with Crippen LogP contribution in [0.2, 0.25) is 5.02 Å². The smallest absolute Gasteiger partial charge is 0.214 e. The average molecular weight is 268 g/mol. The maximum atomic E-state index is 13.1. The third-order valence-corrected chi connectivity index (χ3v) is 2.76. The highest BCUT2D eigenvalue weighted by molar-refractivity contribution is 6.34. The summed E-state index contributed by atoms with van der Waals surface area (Å²) in [6, 6.07) is 3.65. The van der Waals surface area contributed by atoms with Crippen LogP contribution in [0.4, 0.5) is 4.39 Å². The lowest BCUT2D eigenvalue weighted by Gasteiger charge is -2.01. The second kappa shape index (κ2) is 5.29. The number of halogens is 2.